The maximum absolute atomic E-state index is 12.5. The zero-order valence-corrected chi connectivity index (χ0v) is 14.8. The molecule has 2 aromatic carbocycles. The van der Waals surface area contributed by atoms with Gasteiger partial charge in [0.05, 0.1) is 0 Å². The first-order chi connectivity index (χ1) is 11.6. The fourth-order valence-corrected chi connectivity index (χ4v) is 3.55. The Labute approximate surface area is 146 Å². The van der Waals surface area contributed by atoms with Gasteiger partial charge in [0.2, 0.25) is 0 Å². The summed E-state index contributed by atoms with van der Waals surface area (Å²) in [5.74, 6) is 0.425. The van der Waals surface area contributed by atoms with Crippen molar-refractivity contribution in [3.63, 3.8) is 0 Å². The second-order valence-electron chi connectivity index (χ2n) is 6.28. The van der Waals surface area contributed by atoms with Crippen LogP contribution in [0.25, 0.3) is 10.1 Å². The first-order valence-corrected chi connectivity index (χ1v) is 9.04. The Kier molecular flexibility index (Phi) is 4.97. The molecule has 0 saturated heterocycles. The minimum Gasteiger partial charge on any atom is -0.350 e. The van der Waals surface area contributed by atoms with Gasteiger partial charge in [0, 0.05) is 28.2 Å². The van der Waals surface area contributed by atoms with Crippen LogP contribution in [0.15, 0.2) is 53.9 Å². The van der Waals surface area contributed by atoms with Crippen LogP contribution in [0.4, 0.5) is 0 Å². The van der Waals surface area contributed by atoms with E-state index in [-0.39, 0.29) is 11.9 Å². The highest BCUT2D eigenvalue weighted by atomic mass is 32.1. The molecule has 4 heteroatoms. The number of amides is 1. The number of carbonyl (C=O) groups is 1. The molecule has 124 valence electrons. The molecule has 3 rings (SSSR count). The van der Waals surface area contributed by atoms with Gasteiger partial charge in [0.25, 0.3) is 5.91 Å². The van der Waals surface area contributed by atoms with Crippen LogP contribution in [0.1, 0.15) is 47.3 Å². The highest BCUT2D eigenvalue weighted by Crippen LogP contribution is 2.24. The fourth-order valence-electron chi connectivity index (χ4n) is 2.74. The number of fused-ring (bicyclic) bond motifs is 1. The minimum atomic E-state index is -0.211. The lowest BCUT2D eigenvalue weighted by atomic mass is 9.99. The molecule has 1 heterocycles. The van der Waals surface area contributed by atoms with Gasteiger partial charge in [-0.3, -0.25) is 4.79 Å². The molecule has 0 spiro atoms. The molecule has 3 aromatic rings. The summed E-state index contributed by atoms with van der Waals surface area (Å²) < 4.78 is 1.12. The van der Waals surface area contributed by atoms with E-state index in [1.165, 1.54) is 5.56 Å². The summed E-state index contributed by atoms with van der Waals surface area (Å²) in [4.78, 5) is 12.5. The van der Waals surface area contributed by atoms with Crippen molar-refractivity contribution >= 4 is 27.3 Å². The molecule has 3 nitrogen and oxygen atoms in total. The van der Waals surface area contributed by atoms with E-state index in [0.717, 1.165) is 15.6 Å². The Morgan fingerprint density at radius 3 is 2.50 bits per heavy atom. The van der Waals surface area contributed by atoms with Crippen LogP contribution in [0.5, 0.6) is 0 Å². The Morgan fingerprint density at radius 2 is 1.79 bits per heavy atom. The number of hydrogen-bond acceptors (Lipinski definition) is 3. The van der Waals surface area contributed by atoms with Crippen LogP contribution in [-0.4, -0.2) is 12.5 Å². The van der Waals surface area contributed by atoms with Gasteiger partial charge in [-0.1, -0.05) is 44.2 Å². The van der Waals surface area contributed by atoms with E-state index >= 15 is 0 Å². The van der Waals surface area contributed by atoms with E-state index in [9.17, 15) is 4.79 Å². The molecule has 0 aliphatic rings. The molecule has 0 bridgehead atoms. The van der Waals surface area contributed by atoms with E-state index in [4.69, 9.17) is 5.73 Å². The average molecular weight is 338 g/mol. The molecule has 1 amide bonds. The number of nitrogens with one attached hydrogen (secondary N) is 1. The predicted octanol–water partition coefficient (Wildman–Crippen LogP) is 4.45. The van der Waals surface area contributed by atoms with Gasteiger partial charge >= 0.3 is 0 Å². The van der Waals surface area contributed by atoms with E-state index in [0.29, 0.717) is 18.0 Å². The van der Waals surface area contributed by atoms with Crippen molar-refractivity contribution in [3.8, 4) is 0 Å². The Morgan fingerprint density at radius 1 is 1.08 bits per heavy atom. The average Bonchev–Trinajstić information content (AvgIpc) is 3.08. The molecule has 0 radical (unpaired) electrons. The maximum atomic E-state index is 12.5. The number of rotatable bonds is 5. The van der Waals surface area contributed by atoms with Crippen molar-refractivity contribution in [2.24, 2.45) is 5.73 Å². The third-order valence-corrected chi connectivity index (χ3v) is 5.14. The number of thiophene rings is 1. The molecule has 3 N–H and O–H groups in total. The van der Waals surface area contributed by atoms with Gasteiger partial charge in [0.1, 0.15) is 0 Å². The third-order valence-electron chi connectivity index (χ3n) is 4.25. The van der Waals surface area contributed by atoms with Gasteiger partial charge in [-0.15, -0.1) is 11.3 Å². The summed E-state index contributed by atoms with van der Waals surface area (Å²) in [6.45, 7) is 4.75. The molecule has 1 unspecified atom stereocenters. The number of benzene rings is 2. The lowest BCUT2D eigenvalue weighted by molar-refractivity contribution is 0.0953. The van der Waals surface area contributed by atoms with Gasteiger partial charge in [-0.25, -0.2) is 0 Å². The fraction of sp³-hybridized carbons (Fsp3) is 0.250. The predicted molar refractivity (Wildman–Crippen MR) is 102 cm³/mol. The molecular formula is C20H22N2OS. The highest BCUT2D eigenvalue weighted by Gasteiger charge is 2.13. The Balaban J connectivity index is 1.66. The normalized spacial score (nSPS) is 12.5. The van der Waals surface area contributed by atoms with Crippen molar-refractivity contribution in [2.75, 3.05) is 6.54 Å². The number of nitrogens with two attached hydrogens (primary N) is 1. The van der Waals surface area contributed by atoms with Crippen molar-refractivity contribution < 1.29 is 4.79 Å². The molecule has 1 atom stereocenters. The first-order valence-electron chi connectivity index (χ1n) is 8.16. The Bertz CT molecular complexity index is 836. The summed E-state index contributed by atoms with van der Waals surface area (Å²) in [6, 6.07) is 15.9. The quantitative estimate of drug-likeness (QED) is 0.722. The summed E-state index contributed by atoms with van der Waals surface area (Å²) in [7, 11) is 0. The largest absolute Gasteiger partial charge is 0.350 e. The van der Waals surface area contributed by atoms with E-state index < -0.39 is 0 Å². The van der Waals surface area contributed by atoms with Gasteiger partial charge < -0.3 is 11.1 Å². The smallest absolute Gasteiger partial charge is 0.252 e. The summed E-state index contributed by atoms with van der Waals surface area (Å²) in [5.41, 5.74) is 9.26. The van der Waals surface area contributed by atoms with E-state index in [2.05, 4.69) is 31.3 Å². The van der Waals surface area contributed by atoms with Gasteiger partial charge in [-0.2, -0.15) is 0 Å². The second-order valence-corrected chi connectivity index (χ2v) is 7.22. The lowest BCUT2D eigenvalue weighted by Gasteiger charge is -2.15. The van der Waals surface area contributed by atoms with Gasteiger partial charge in [-0.05, 0) is 40.6 Å². The van der Waals surface area contributed by atoms with Crippen LogP contribution in [0.2, 0.25) is 0 Å². The second kappa shape index (κ2) is 7.16. The lowest BCUT2D eigenvalue weighted by Crippen LogP contribution is -2.32. The molecule has 0 saturated carbocycles. The van der Waals surface area contributed by atoms with Gasteiger partial charge in [0.15, 0.2) is 0 Å². The van der Waals surface area contributed by atoms with Crippen molar-refractivity contribution in [3.05, 3.63) is 70.6 Å². The van der Waals surface area contributed by atoms with Crippen LogP contribution in [-0.2, 0) is 0 Å². The Hall–Kier alpha value is -2.17. The zero-order chi connectivity index (χ0) is 17.1. The molecule has 0 aliphatic heterocycles. The number of carbonyl (C=O) groups excluding carboxylic acids is 1. The van der Waals surface area contributed by atoms with Crippen molar-refractivity contribution in [2.45, 2.75) is 25.8 Å². The van der Waals surface area contributed by atoms with Crippen LogP contribution in [0.3, 0.4) is 0 Å². The summed E-state index contributed by atoms with van der Waals surface area (Å²) in [5, 5.41) is 5.96. The summed E-state index contributed by atoms with van der Waals surface area (Å²) >= 11 is 1.64. The van der Waals surface area contributed by atoms with Crippen LogP contribution >= 0.6 is 11.3 Å². The standard InChI is InChI=1S/C20H22N2OS/c1-13(2)14-6-8-15(9-7-14)18(21)12-22-20(23)17-4-3-5-19-16(17)10-11-24-19/h3-11,13,18H,12,21H2,1-2H3,(H,22,23). The molecule has 0 aliphatic carbocycles. The maximum Gasteiger partial charge on any atom is 0.252 e. The number of hydrogen-bond donors (Lipinski definition) is 2. The SMILES string of the molecule is CC(C)c1ccc(C(N)CNC(=O)c2cccc3sccc23)cc1. The topological polar surface area (TPSA) is 55.1 Å². The third kappa shape index (κ3) is 3.50. The molecule has 0 fully saturated rings. The zero-order valence-electron chi connectivity index (χ0n) is 14.0. The van der Waals surface area contributed by atoms with Crippen LogP contribution < -0.4 is 11.1 Å². The highest BCUT2D eigenvalue weighted by molar-refractivity contribution is 7.17. The molecule has 24 heavy (non-hydrogen) atoms. The van der Waals surface area contributed by atoms with E-state index in [1.54, 1.807) is 11.3 Å². The van der Waals surface area contributed by atoms with Crippen molar-refractivity contribution in [1.82, 2.24) is 5.32 Å². The molecular weight excluding hydrogens is 316 g/mol. The first kappa shape index (κ1) is 16.7. The minimum absolute atomic E-state index is 0.0757. The molecule has 1 aromatic heterocycles. The monoisotopic (exact) mass is 338 g/mol. The van der Waals surface area contributed by atoms with E-state index in [1.807, 2.05) is 41.8 Å². The van der Waals surface area contributed by atoms with Crippen molar-refractivity contribution in [1.29, 1.82) is 0 Å². The van der Waals surface area contributed by atoms with Crippen LogP contribution in [0, 0.1) is 0 Å². The summed E-state index contributed by atoms with van der Waals surface area (Å²) in [6.07, 6.45) is 0.